The van der Waals surface area contributed by atoms with E-state index in [1.807, 2.05) is 121 Å². The van der Waals surface area contributed by atoms with E-state index in [9.17, 15) is 29.6 Å². The van der Waals surface area contributed by atoms with Gasteiger partial charge in [-0.05, 0) is 34.1 Å². The number of aliphatic hydroxyl groups excluding tert-OH is 4. The van der Waals surface area contributed by atoms with Gasteiger partial charge in [0.2, 0.25) is 0 Å². The number of benzene rings is 4. The van der Waals surface area contributed by atoms with Gasteiger partial charge in [-0.2, -0.15) is 0 Å². The van der Waals surface area contributed by atoms with Gasteiger partial charge in [0.25, 0.3) is 0 Å². The summed E-state index contributed by atoms with van der Waals surface area (Å²) in [5, 5.41) is 38.2. The molecule has 0 aromatic heterocycles. The number of hydrogen-bond donors (Lipinski definition) is 6. The van der Waals surface area contributed by atoms with Gasteiger partial charge in [0.1, 0.15) is 42.7 Å². The van der Waals surface area contributed by atoms with Crippen LogP contribution < -0.4 is 0 Å². The number of phosphoric ester groups is 2. The first-order valence-electron chi connectivity index (χ1n) is 21.3. The summed E-state index contributed by atoms with van der Waals surface area (Å²) in [6.45, 7) is 4.18. The summed E-state index contributed by atoms with van der Waals surface area (Å²) < 4.78 is 81.5. The Bertz CT molecular complexity index is 2000. The molecule has 20 heteroatoms. The van der Waals surface area contributed by atoms with Crippen molar-refractivity contribution in [2.75, 3.05) is 27.4 Å². The third-order valence-corrected chi connectivity index (χ3v) is 13.0. The van der Waals surface area contributed by atoms with Crippen molar-refractivity contribution in [3.8, 4) is 0 Å². The summed E-state index contributed by atoms with van der Waals surface area (Å²) in [5.41, 5.74) is 3.76. The van der Waals surface area contributed by atoms with E-state index in [1.165, 1.54) is 7.11 Å². The second-order valence-electron chi connectivity index (χ2n) is 15.8. The third-order valence-electron chi connectivity index (χ3n) is 11.1. The standard InChI is InChI=1S/C38H45O8P.C8H17O10P/c1-29-30(2)37(42-25-32-18-10-5-11-19-32)38(40-3)46-36(29)35(41-24-31-16-8-4-9-17-31)28-45-47(39,43-26-33-20-12-6-13-21-33)44-27-34-22-14-7-15-23-34;1-16-8-6(12)4(10)5(11)7(18-8)3(9)2-17-19(13,14)15/h4-23,29-30,35-38H,24-28H2,1-3H3;3-12H,2H2,1H3,(H2,13,14,15)/t29-,30?,35+,36?,37-,38-;3-,4?,5+,6+,7?,8+/m01/s1. The van der Waals surface area contributed by atoms with Gasteiger partial charge in [-0.1, -0.05) is 135 Å². The topological polar surface area (TPSA) is 248 Å². The van der Waals surface area contributed by atoms with Crippen LogP contribution in [0, 0.1) is 11.8 Å². The molecule has 0 spiro atoms. The van der Waals surface area contributed by atoms with Crippen LogP contribution in [0.5, 0.6) is 0 Å². The molecule has 2 fully saturated rings. The Balaban J connectivity index is 0.000000360. The number of ether oxygens (including phenoxy) is 6. The molecule has 18 nitrogen and oxygen atoms in total. The minimum Gasteiger partial charge on any atom is -0.388 e. The number of rotatable bonds is 22. The summed E-state index contributed by atoms with van der Waals surface area (Å²) in [4.78, 5) is 17.0. The van der Waals surface area contributed by atoms with Crippen LogP contribution in [-0.2, 0) is 82.1 Å². The number of methoxy groups -OCH3 is 2. The van der Waals surface area contributed by atoms with Crippen LogP contribution >= 0.6 is 15.6 Å². The molecule has 6 rings (SSSR count). The predicted octanol–water partition coefficient (Wildman–Crippen LogP) is 5.27. The monoisotopic (exact) mass is 964 g/mol. The van der Waals surface area contributed by atoms with Gasteiger partial charge >= 0.3 is 15.6 Å². The maximum absolute atomic E-state index is 14.2. The van der Waals surface area contributed by atoms with Gasteiger partial charge in [0.05, 0.1) is 45.7 Å². The van der Waals surface area contributed by atoms with Crippen molar-refractivity contribution in [2.45, 2.75) is 102 Å². The molecule has 0 bridgehead atoms. The van der Waals surface area contributed by atoms with Gasteiger partial charge in [0, 0.05) is 14.2 Å². The summed E-state index contributed by atoms with van der Waals surface area (Å²) in [6.07, 6.45) is -11.3. The van der Waals surface area contributed by atoms with Gasteiger partial charge in [-0.15, -0.1) is 0 Å². The minimum absolute atomic E-state index is 0.0265. The Morgan fingerprint density at radius 3 is 1.47 bits per heavy atom. The van der Waals surface area contributed by atoms with E-state index in [1.54, 1.807) is 7.11 Å². The summed E-state index contributed by atoms with van der Waals surface area (Å²) in [5.74, 6) is 0.0158. The Morgan fingerprint density at radius 1 is 0.545 bits per heavy atom. The fourth-order valence-electron chi connectivity index (χ4n) is 7.22. The van der Waals surface area contributed by atoms with Crippen LogP contribution in [0.2, 0.25) is 0 Å². The lowest BCUT2D eigenvalue weighted by Crippen LogP contribution is -2.61. The van der Waals surface area contributed by atoms with Crippen LogP contribution in [0.25, 0.3) is 0 Å². The fourth-order valence-corrected chi connectivity index (χ4v) is 8.73. The van der Waals surface area contributed by atoms with E-state index in [-0.39, 0.29) is 37.8 Å². The molecule has 0 radical (unpaired) electrons. The van der Waals surface area contributed by atoms with E-state index in [0.29, 0.717) is 13.2 Å². The summed E-state index contributed by atoms with van der Waals surface area (Å²) in [7, 11) is -6.05. The molecule has 4 aromatic carbocycles. The molecule has 12 atom stereocenters. The Morgan fingerprint density at radius 2 is 1.00 bits per heavy atom. The highest BCUT2D eigenvalue weighted by molar-refractivity contribution is 7.48. The SMILES string of the molecule is CO[C@H]1OC([C@@H](COP(=O)(OCc2ccccc2)OCc2ccccc2)OCc2ccccc2)[C@@H](C)C(C)[C@@H]1OCc1ccccc1.CO[C@H]1OC([C@H](O)COP(=O)(O)O)[C@@H](O)C(O)[C@@H]1O. The maximum Gasteiger partial charge on any atom is 0.475 e. The Kier molecular flexibility index (Phi) is 21.5. The molecule has 6 N–H and O–H groups in total. The average Bonchev–Trinajstić information content (AvgIpc) is 3.33. The molecule has 0 saturated carbocycles. The fraction of sp³-hybridized carbons (Fsp3) is 0.478. The van der Waals surface area contributed by atoms with Crippen molar-refractivity contribution >= 4 is 15.6 Å². The second-order valence-corrected chi connectivity index (χ2v) is 18.7. The molecule has 4 unspecified atom stereocenters. The van der Waals surface area contributed by atoms with E-state index in [2.05, 4.69) is 18.4 Å². The van der Waals surface area contributed by atoms with Crippen molar-refractivity contribution in [2.24, 2.45) is 11.8 Å². The van der Waals surface area contributed by atoms with Crippen LogP contribution in [0.1, 0.15) is 36.1 Å². The lowest BCUT2D eigenvalue weighted by molar-refractivity contribution is -0.305. The Labute approximate surface area is 385 Å². The van der Waals surface area contributed by atoms with E-state index in [4.69, 9.17) is 51.8 Å². The van der Waals surface area contributed by atoms with E-state index >= 15 is 0 Å². The first kappa shape index (κ1) is 53.7. The number of aliphatic hydroxyl groups is 4. The first-order chi connectivity index (χ1) is 31.6. The lowest BCUT2D eigenvalue weighted by Gasteiger charge is -2.46. The van der Waals surface area contributed by atoms with Crippen molar-refractivity contribution in [3.05, 3.63) is 144 Å². The van der Waals surface area contributed by atoms with Crippen LogP contribution in [-0.4, -0.2) is 119 Å². The second kappa shape index (κ2) is 26.5. The molecule has 0 aliphatic carbocycles. The lowest BCUT2D eigenvalue weighted by atomic mass is 9.81. The smallest absolute Gasteiger partial charge is 0.388 e. The van der Waals surface area contributed by atoms with Gasteiger partial charge in [-0.25, -0.2) is 9.13 Å². The molecule has 364 valence electrons. The predicted molar refractivity (Wildman–Crippen MR) is 238 cm³/mol. The molecule has 66 heavy (non-hydrogen) atoms. The molecule has 2 heterocycles. The zero-order valence-corrected chi connectivity index (χ0v) is 39.0. The maximum atomic E-state index is 14.2. The summed E-state index contributed by atoms with van der Waals surface area (Å²) >= 11 is 0. The van der Waals surface area contributed by atoms with Crippen molar-refractivity contribution in [1.29, 1.82) is 0 Å². The zero-order chi connectivity index (χ0) is 47.7. The van der Waals surface area contributed by atoms with E-state index in [0.717, 1.165) is 22.3 Å². The molecule has 2 aliphatic rings. The molecular formula is C46H62O18P2. The highest BCUT2D eigenvalue weighted by Crippen LogP contribution is 2.51. The van der Waals surface area contributed by atoms with Gasteiger partial charge < -0.3 is 58.6 Å². The molecule has 4 aromatic rings. The highest BCUT2D eigenvalue weighted by atomic mass is 31.2. The molecular weight excluding hydrogens is 902 g/mol. The first-order valence-corrected chi connectivity index (χ1v) is 24.3. The van der Waals surface area contributed by atoms with Crippen molar-refractivity contribution in [3.63, 3.8) is 0 Å². The van der Waals surface area contributed by atoms with Crippen LogP contribution in [0.4, 0.5) is 0 Å². The van der Waals surface area contributed by atoms with Gasteiger partial charge in [0.15, 0.2) is 12.6 Å². The highest BCUT2D eigenvalue weighted by Gasteiger charge is 2.48. The zero-order valence-electron chi connectivity index (χ0n) is 37.2. The normalized spacial score (nSPS) is 26.8. The van der Waals surface area contributed by atoms with Gasteiger partial charge in [-0.3, -0.25) is 18.1 Å². The van der Waals surface area contributed by atoms with Crippen LogP contribution in [0.15, 0.2) is 121 Å². The third kappa shape index (κ3) is 16.4. The summed E-state index contributed by atoms with van der Waals surface area (Å²) in [6, 6.07) is 38.9. The average molecular weight is 965 g/mol. The molecule has 0 amide bonds. The van der Waals surface area contributed by atoms with Crippen LogP contribution in [0.3, 0.4) is 0 Å². The molecule has 2 saturated heterocycles. The number of phosphoric acid groups is 2. The van der Waals surface area contributed by atoms with E-state index < -0.39 is 77.6 Å². The number of hydrogen-bond acceptors (Lipinski definition) is 16. The van der Waals surface area contributed by atoms with Crippen molar-refractivity contribution < 1.29 is 85.9 Å². The molecule has 2 aliphatic heterocycles. The quantitative estimate of drug-likeness (QED) is 0.0549. The Hall–Kier alpha value is -3.30. The largest absolute Gasteiger partial charge is 0.475 e. The minimum atomic E-state index is -4.78. The van der Waals surface area contributed by atoms with Crippen molar-refractivity contribution in [1.82, 2.24) is 0 Å².